The van der Waals surface area contributed by atoms with Crippen molar-refractivity contribution in [2.75, 3.05) is 0 Å². The lowest BCUT2D eigenvalue weighted by Gasteiger charge is -1.95. The van der Waals surface area contributed by atoms with Crippen molar-refractivity contribution in [1.29, 1.82) is 0 Å². The number of para-hydroxylation sites is 2. The van der Waals surface area contributed by atoms with E-state index >= 15 is 0 Å². The second kappa shape index (κ2) is 4.45. The molecule has 2 aromatic carbocycles. The van der Waals surface area contributed by atoms with Gasteiger partial charge in [-0.15, -0.1) is 11.3 Å². The molecular formula is C18H13N3S. The van der Waals surface area contributed by atoms with Gasteiger partial charge >= 0.3 is 0 Å². The van der Waals surface area contributed by atoms with E-state index < -0.39 is 0 Å². The first-order chi connectivity index (χ1) is 10.9. The van der Waals surface area contributed by atoms with E-state index in [-0.39, 0.29) is 0 Å². The Morgan fingerprint density at radius 1 is 0.909 bits per heavy atom. The van der Waals surface area contributed by atoms with Gasteiger partial charge in [-0.25, -0.2) is 4.98 Å². The summed E-state index contributed by atoms with van der Waals surface area (Å²) in [5.41, 5.74) is 4.74. The standard InChI is InChI=1S/C18H13N3S/c1-3-7-14-12(5-1)11(10-19-14)9-16-21-17-13-6-2-4-8-15(13)20-18(17)22-16/h1-8,10,19-20H,9H2. The van der Waals surface area contributed by atoms with Gasteiger partial charge in [0, 0.05) is 34.4 Å². The maximum absolute atomic E-state index is 4.86. The van der Waals surface area contributed by atoms with Crippen molar-refractivity contribution in [3.05, 3.63) is 65.3 Å². The van der Waals surface area contributed by atoms with Crippen LogP contribution < -0.4 is 0 Å². The van der Waals surface area contributed by atoms with Crippen LogP contribution in [0.15, 0.2) is 54.7 Å². The Labute approximate surface area is 130 Å². The van der Waals surface area contributed by atoms with Crippen molar-refractivity contribution >= 4 is 43.5 Å². The summed E-state index contributed by atoms with van der Waals surface area (Å²) in [5, 5.41) is 3.64. The van der Waals surface area contributed by atoms with Crippen LogP contribution in [0.3, 0.4) is 0 Å². The molecule has 0 fully saturated rings. The zero-order chi connectivity index (χ0) is 14.5. The smallest absolute Gasteiger partial charge is 0.121 e. The molecule has 0 unspecified atom stereocenters. The summed E-state index contributed by atoms with van der Waals surface area (Å²) in [7, 11) is 0. The van der Waals surface area contributed by atoms with E-state index in [1.165, 1.54) is 21.9 Å². The predicted molar refractivity (Wildman–Crippen MR) is 92.6 cm³/mol. The first-order valence-corrected chi connectivity index (χ1v) is 8.11. The van der Waals surface area contributed by atoms with Crippen LogP contribution in [0.1, 0.15) is 10.6 Å². The Kier molecular flexibility index (Phi) is 2.43. The summed E-state index contributed by atoms with van der Waals surface area (Å²) in [5.74, 6) is 0. The molecule has 3 heterocycles. The molecule has 0 spiro atoms. The van der Waals surface area contributed by atoms with Gasteiger partial charge < -0.3 is 9.97 Å². The molecule has 5 rings (SSSR count). The number of hydrogen-bond acceptors (Lipinski definition) is 2. The topological polar surface area (TPSA) is 44.5 Å². The summed E-state index contributed by atoms with van der Waals surface area (Å²) in [6.45, 7) is 0. The third-order valence-electron chi connectivity index (χ3n) is 4.12. The van der Waals surface area contributed by atoms with Crippen LogP contribution in [0.4, 0.5) is 0 Å². The monoisotopic (exact) mass is 303 g/mol. The molecule has 4 heteroatoms. The Morgan fingerprint density at radius 3 is 2.59 bits per heavy atom. The highest BCUT2D eigenvalue weighted by molar-refractivity contribution is 7.18. The molecule has 0 saturated carbocycles. The molecule has 0 amide bonds. The fourth-order valence-electron chi connectivity index (χ4n) is 3.07. The Morgan fingerprint density at radius 2 is 1.68 bits per heavy atom. The molecule has 0 bridgehead atoms. The highest BCUT2D eigenvalue weighted by atomic mass is 32.1. The Hall–Kier alpha value is -2.59. The van der Waals surface area contributed by atoms with Gasteiger partial charge in [-0.3, -0.25) is 0 Å². The van der Waals surface area contributed by atoms with Crippen molar-refractivity contribution in [3.8, 4) is 0 Å². The number of fused-ring (bicyclic) bond motifs is 4. The molecule has 3 aromatic heterocycles. The first-order valence-electron chi connectivity index (χ1n) is 7.29. The number of rotatable bonds is 2. The fraction of sp³-hybridized carbons (Fsp3) is 0.0556. The van der Waals surface area contributed by atoms with Crippen LogP contribution in [-0.2, 0) is 6.42 Å². The van der Waals surface area contributed by atoms with Gasteiger partial charge in [-0.2, -0.15) is 0 Å². The first kappa shape index (κ1) is 12.0. The Balaban J connectivity index is 1.62. The molecule has 2 N–H and O–H groups in total. The lowest BCUT2D eigenvalue weighted by Crippen LogP contribution is -1.85. The summed E-state index contributed by atoms with van der Waals surface area (Å²) in [6, 6.07) is 16.8. The van der Waals surface area contributed by atoms with E-state index in [1.54, 1.807) is 11.3 Å². The van der Waals surface area contributed by atoms with Crippen molar-refractivity contribution in [1.82, 2.24) is 15.0 Å². The number of nitrogens with one attached hydrogen (secondary N) is 2. The second-order valence-corrected chi connectivity index (χ2v) is 6.58. The largest absolute Gasteiger partial charge is 0.361 e. The number of H-pyrrole nitrogens is 2. The number of thiazole rings is 1. The van der Waals surface area contributed by atoms with Crippen LogP contribution in [0.2, 0.25) is 0 Å². The van der Waals surface area contributed by atoms with Gasteiger partial charge in [0.1, 0.15) is 10.3 Å². The minimum Gasteiger partial charge on any atom is -0.361 e. The highest BCUT2D eigenvalue weighted by Gasteiger charge is 2.12. The molecule has 0 saturated heterocycles. The quantitative estimate of drug-likeness (QED) is 0.481. The van der Waals surface area contributed by atoms with E-state index in [4.69, 9.17) is 4.98 Å². The summed E-state index contributed by atoms with van der Waals surface area (Å²) >= 11 is 1.75. The van der Waals surface area contributed by atoms with E-state index in [9.17, 15) is 0 Å². The van der Waals surface area contributed by atoms with E-state index in [1.807, 2.05) is 0 Å². The average molecular weight is 303 g/mol. The zero-order valence-corrected chi connectivity index (χ0v) is 12.6. The van der Waals surface area contributed by atoms with Crippen molar-refractivity contribution in [3.63, 3.8) is 0 Å². The summed E-state index contributed by atoms with van der Waals surface area (Å²) in [6.07, 6.45) is 2.96. The third-order valence-corrected chi connectivity index (χ3v) is 5.09. The number of nitrogens with zero attached hydrogens (tertiary/aromatic N) is 1. The highest BCUT2D eigenvalue weighted by Crippen LogP contribution is 2.31. The number of benzene rings is 2. The van der Waals surface area contributed by atoms with E-state index in [0.29, 0.717) is 0 Å². The predicted octanol–water partition coefficient (Wildman–Crippen LogP) is 4.85. The third kappa shape index (κ3) is 1.71. The minimum atomic E-state index is 0.867. The minimum absolute atomic E-state index is 0.867. The van der Waals surface area contributed by atoms with Gasteiger partial charge in [0.05, 0.1) is 5.01 Å². The second-order valence-electron chi connectivity index (χ2n) is 5.49. The molecule has 106 valence electrons. The maximum atomic E-state index is 4.86. The Bertz CT molecular complexity index is 1110. The normalized spacial score (nSPS) is 11.8. The SMILES string of the molecule is c1ccc2c(Cc3nc4c([nH]c5ccccc54)s3)c[nH]c2c1. The molecule has 0 radical (unpaired) electrons. The zero-order valence-electron chi connectivity index (χ0n) is 11.8. The lowest BCUT2D eigenvalue weighted by atomic mass is 10.1. The fourth-order valence-corrected chi connectivity index (χ4v) is 4.08. The molecule has 3 nitrogen and oxygen atoms in total. The van der Waals surface area contributed by atoms with Crippen molar-refractivity contribution < 1.29 is 0 Å². The van der Waals surface area contributed by atoms with Gasteiger partial charge in [0.25, 0.3) is 0 Å². The molecule has 0 atom stereocenters. The molecule has 22 heavy (non-hydrogen) atoms. The average Bonchev–Trinajstić information content (AvgIpc) is 3.21. The molecule has 0 aliphatic rings. The van der Waals surface area contributed by atoms with Crippen LogP contribution in [0.5, 0.6) is 0 Å². The number of hydrogen-bond donors (Lipinski definition) is 2. The number of aromatic nitrogens is 3. The molecule has 0 aliphatic carbocycles. The van der Waals surface area contributed by atoms with E-state index in [2.05, 4.69) is 64.7 Å². The molecule has 5 aromatic rings. The van der Waals surface area contributed by atoms with Gasteiger partial charge in [-0.1, -0.05) is 36.4 Å². The lowest BCUT2D eigenvalue weighted by molar-refractivity contribution is 1.17. The van der Waals surface area contributed by atoms with Crippen molar-refractivity contribution in [2.45, 2.75) is 6.42 Å². The van der Waals surface area contributed by atoms with Gasteiger partial charge in [0.2, 0.25) is 0 Å². The van der Waals surface area contributed by atoms with Crippen LogP contribution in [0.25, 0.3) is 32.2 Å². The van der Waals surface area contributed by atoms with Crippen LogP contribution in [0, 0.1) is 0 Å². The maximum Gasteiger partial charge on any atom is 0.121 e. The molecular weight excluding hydrogens is 290 g/mol. The van der Waals surface area contributed by atoms with Crippen molar-refractivity contribution in [2.24, 2.45) is 0 Å². The summed E-state index contributed by atoms with van der Waals surface area (Å²) < 4.78 is 0. The van der Waals surface area contributed by atoms with Crippen LogP contribution in [-0.4, -0.2) is 15.0 Å². The molecule has 0 aliphatic heterocycles. The summed E-state index contributed by atoms with van der Waals surface area (Å²) in [4.78, 5) is 12.8. The van der Waals surface area contributed by atoms with Gasteiger partial charge in [0.15, 0.2) is 0 Å². The van der Waals surface area contributed by atoms with E-state index in [0.717, 1.165) is 27.3 Å². The number of aromatic amines is 2. The van der Waals surface area contributed by atoms with Crippen LogP contribution >= 0.6 is 11.3 Å². The van der Waals surface area contributed by atoms with Gasteiger partial charge in [-0.05, 0) is 17.7 Å².